The monoisotopic (exact) mass is 255 g/mol. The molecule has 106 valence electrons. The van der Waals surface area contributed by atoms with E-state index < -0.39 is 0 Å². The lowest BCUT2D eigenvalue weighted by atomic mass is 9.94. The minimum Gasteiger partial charge on any atom is -0.383 e. The maximum absolute atomic E-state index is 6.15. The van der Waals surface area contributed by atoms with Gasteiger partial charge in [0.2, 0.25) is 0 Å². The fraction of sp³-hybridized carbons (Fsp3) is 1.00. The molecule has 1 saturated heterocycles. The Morgan fingerprint density at radius 2 is 2.22 bits per heavy atom. The molecule has 2 atom stereocenters. The summed E-state index contributed by atoms with van der Waals surface area (Å²) in [6.07, 6.45) is 3.99. The van der Waals surface area contributed by atoms with Gasteiger partial charge in [0.15, 0.2) is 0 Å². The Labute approximate surface area is 111 Å². The summed E-state index contributed by atoms with van der Waals surface area (Å²) in [6, 6.07) is 1.30. The molecule has 2 aliphatic rings. The standard InChI is InChI=1S/C14H29N3O/c1-4-17(12(2)9-18-3)14(10-15)7-8-16(11-14)13-5-6-13/h12-13H,4-11,15H2,1-3H3. The van der Waals surface area contributed by atoms with Gasteiger partial charge in [-0.2, -0.15) is 0 Å². The Balaban J connectivity index is 2.04. The van der Waals surface area contributed by atoms with E-state index in [2.05, 4.69) is 23.6 Å². The van der Waals surface area contributed by atoms with Crippen LogP contribution < -0.4 is 5.73 Å². The van der Waals surface area contributed by atoms with Crippen LogP contribution in [0.4, 0.5) is 0 Å². The number of hydrogen-bond acceptors (Lipinski definition) is 4. The molecule has 0 aromatic carbocycles. The number of hydrogen-bond donors (Lipinski definition) is 1. The Kier molecular flexibility index (Phi) is 4.64. The lowest BCUT2D eigenvalue weighted by Crippen LogP contribution is -2.59. The third-order valence-corrected chi connectivity index (χ3v) is 4.69. The molecule has 0 bridgehead atoms. The SMILES string of the molecule is CCN(C(C)COC)C1(CN)CCN(C2CC2)C1. The van der Waals surface area contributed by atoms with Crippen LogP contribution in [0.3, 0.4) is 0 Å². The Morgan fingerprint density at radius 1 is 1.50 bits per heavy atom. The number of likely N-dealkylation sites (N-methyl/N-ethyl adjacent to an activating group) is 1. The van der Waals surface area contributed by atoms with E-state index in [1.165, 1.54) is 25.8 Å². The van der Waals surface area contributed by atoms with Gasteiger partial charge in [-0.15, -0.1) is 0 Å². The van der Waals surface area contributed by atoms with Gasteiger partial charge in [-0.05, 0) is 32.7 Å². The van der Waals surface area contributed by atoms with Gasteiger partial charge in [-0.3, -0.25) is 9.80 Å². The number of nitrogens with two attached hydrogens (primary N) is 1. The molecule has 2 rings (SSSR count). The van der Waals surface area contributed by atoms with E-state index >= 15 is 0 Å². The highest BCUT2D eigenvalue weighted by Crippen LogP contribution is 2.36. The molecule has 1 aliphatic carbocycles. The average Bonchev–Trinajstić information content (AvgIpc) is 3.12. The highest BCUT2D eigenvalue weighted by Gasteiger charge is 2.46. The van der Waals surface area contributed by atoms with Crippen molar-refractivity contribution < 1.29 is 4.74 Å². The van der Waals surface area contributed by atoms with Gasteiger partial charge < -0.3 is 10.5 Å². The fourth-order valence-electron chi connectivity index (χ4n) is 3.60. The predicted octanol–water partition coefficient (Wildman–Crippen LogP) is 0.909. The summed E-state index contributed by atoms with van der Waals surface area (Å²) in [4.78, 5) is 5.22. The predicted molar refractivity (Wildman–Crippen MR) is 74.7 cm³/mol. The molecule has 1 aliphatic heterocycles. The Bertz CT molecular complexity index is 270. The van der Waals surface area contributed by atoms with Crippen LogP contribution in [0.25, 0.3) is 0 Å². The molecule has 18 heavy (non-hydrogen) atoms. The number of nitrogens with zero attached hydrogens (tertiary/aromatic N) is 2. The highest BCUT2D eigenvalue weighted by molar-refractivity contribution is 5.04. The molecule has 1 heterocycles. The van der Waals surface area contributed by atoms with Crippen molar-refractivity contribution >= 4 is 0 Å². The van der Waals surface area contributed by atoms with E-state index in [1.807, 2.05) is 0 Å². The van der Waals surface area contributed by atoms with Crippen molar-refractivity contribution in [1.29, 1.82) is 0 Å². The Hall–Kier alpha value is -0.160. The largest absolute Gasteiger partial charge is 0.383 e. The summed E-state index contributed by atoms with van der Waals surface area (Å²) < 4.78 is 5.33. The van der Waals surface area contributed by atoms with Crippen molar-refractivity contribution in [2.45, 2.75) is 50.7 Å². The first-order valence-corrected chi connectivity index (χ1v) is 7.36. The van der Waals surface area contributed by atoms with Crippen molar-refractivity contribution in [2.75, 3.05) is 39.9 Å². The first-order chi connectivity index (χ1) is 8.66. The third-order valence-electron chi connectivity index (χ3n) is 4.69. The summed E-state index contributed by atoms with van der Waals surface area (Å²) >= 11 is 0. The van der Waals surface area contributed by atoms with Gasteiger partial charge in [-0.25, -0.2) is 0 Å². The van der Waals surface area contributed by atoms with Crippen molar-refractivity contribution in [3.63, 3.8) is 0 Å². The smallest absolute Gasteiger partial charge is 0.0615 e. The second-order valence-electron chi connectivity index (χ2n) is 5.97. The van der Waals surface area contributed by atoms with Gasteiger partial charge in [0.1, 0.15) is 0 Å². The van der Waals surface area contributed by atoms with E-state index in [0.717, 1.165) is 32.3 Å². The minimum absolute atomic E-state index is 0.176. The summed E-state index contributed by atoms with van der Waals surface area (Å²) in [6.45, 7) is 9.47. The molecular formula is C14H29N3O. The number of rotatable bonds is 7. The molecule has 2 N–H and O–H groups in total. The van der Waals surface area contributed by atoms with Crippen LogP contribution in [-0.2, 0) is 4.74 Å². The zero-order chi connectivity index (χ0) is 13.2. The van der Waals surface area contributed by atoms with Crippen molar-refractivity contribution in [2.24, 2.45) is 5.73 Å². The van der Waals surface area contributed by atoms with Crippen LogP contribution in [-0.4, -0.2) is 67.3 Å². The van der Waals surface area contributed by atoms with Gasteiger partial charge in [0.25, 0.3) is 0 Å². The van der Waals surface area contributed by atoms with Gasteiger partial charge >= 0.3 is 0 Å². The average molecular weight is 255 g/mol. The molecule has 2 fully saturated rings. The Morgan fingerprint density at radius 3 is 2.72 bits per heavy atom. The second kappa shape index (κ2) is 5.87. The van der Waals surface area contributed by atoms with Gasteiger partial charge in [0, 0.05) is 44.4 Å². The van der Waals surface area contributed by atoms with Crippen molar-refractivity contribution in [3.8, 4) is 0 Å². The third kappa shape index (κ3) is 2.72. The van der Waals surface area contributed by atoms with E-state index in [1.54, 1.807) is 7.11 Å². The van der Waals surface area contributed by atoms with Crippen LogP contribution in [0.15, 0.2) is 0 Å². The van der Waals surface area contributed by atoms with E-state index in [-0.39, 0.29) is 5.54 Å². The second-order valence-corrected chi connectivity index (χ2v) is 5.97. The molecule has 1 saturated carbocycles. The maximum Gasteiger partial charge on any atom is 0.0615 e. The summed E-state index contributed by atoms with van der Waals surface area (Å²) in [5, 5.41) is 0. The molecule has 0 amide bonds. The van der Waals surface area contributed by atoms with E-state index in [0.29, 0.717) is 6.04 Å². The molecule has 0 aromatic heterocycles. The number of methoxy groups -OCH3 is 1. The first-order valence-electron chi connectivity index (χ1n) is 7.36. The van der Waals surface area contributed by atoms with Crippen LogP contribution in [0.1, 0.15) is 33.1 Å². The quantitative estimate of drug-likeness (QED) is 0.734. The molecule has 4 heteroatoms. The van der Waals surface area contributed by atoms with Crippen LogP contribution in [0, 0.1) is 0 Å². The van der Waals surface area contributed by atoms with Crippen molar-refractivity contribution in [1.82, 2.24) is 9.80 Å². The summed E-state index contributed by atoms with van der Waals surface area (Å²) in [7, 11) is 1.78. The van der Waals surface area contributed by atoms with E-state index in [4.69, 9.17) is 10.5 Å². The number of likely N-dealkylation sites (tertiary alicyclic amines) is 1. The topological polar surface area (TPSA) is 41.7 Å². The van der Waals surface area contributed by atoms with Crippen LogP contribution in [0.5, 0.6) is 0 Å². The molecule has 0 spiro atoms. The number of ether oxygens (including phenoxy) is 1. The van der Waals surface area contributed by atoms with Crippen molar-refractivity contribution in [3.05, 3.63) is 0 Å². The normalized spacial score (nSPS) is 31.2. The molecule has 2 unspecified atom stereocenters. The fourth-order valence-corrected chi connectivity index (χ4v) is 3.60. The van der Waals surface area contributed by atoms with Crippen LogP contribution in [0.2, 0.25) is 0 Å². The zero-order valence-electron chi connectivity index (χ0n) is 12.2. The van der Waals surface area contributed by atoms with Gasteiger partial charge in [0.05, 0.1) is 6.61 Å². The minimum atomic E-state index is 0.176. The lowest BCUT2D eigenvalue weighted by molar-refractivity contribution is 0.0241. The lowest BCUT2D eigenvalue weighted by Gasteiger charge is -2.43. The summed E-state index contributed by atoms with van der Waals surface area (Å²) in [5.41, 5.74) is 6.33. The summed E-state index contributed by atoms with van der Waals surface area (Å²) in [5.74, 6) is 0. The molecule has 0 radical (unpaired) electrons. The van der Waals surface area contributed by atoms with Crippen LogP contribution >= 0.6 is 0 Å². The molecular weight excluding hydrogens is 226 g/mol. The first kappa shape index (κ1) is 14.3. The van der Waals surface area contributed by atoms with E-state index in [9.17, 15) is 0 Å². The molecule has 4 nitrogen and oxygen atoms in total. The highest BCUT2D eigenvalue weighted by atomic mass is 16.5. The van der Waals surface area contributed by atoms with Gasteiger partial charge in [-0.1, -0.05) is 6.92 Å². The molecule has 0 aromatic rings. The maximum atomic E-state index is 6.15. The zero-order valence-corrected chi connectivity index (χ0v) is 12.2.